The topological polar surface area (TPSA) is 12.0 Å². The fourth-order valence-corrected chi connectivity index (χ4v) is 3.25. The van der Waals surface area contributed by atoms with Gasteiger partial charge in [-0.25, -0.2) is 0 Å². The van der Waals surface area contributed by atoms with Crippen molar-refractivity contribution in [1.29, 1.82) is 0 Å². The molecule has 0 saturated carbocycles. The van der Waals surface area contributed by atoms with Crippen LogP contribution >= 0.6 is 0 Å². The lowest BCUT2D eigenvalue weighted by atomic mass is 9.84. The van der Waals surface area contributed by atoms with E-state index in [0.717, 1.165) is 12.5 Å². The molecule has 1 atom stereocenters. The van der Waals surface area contributed by atoms with Crippen molar-refractivity contribution in [2.75, 3.05) is 6.54 Å². The molecule has 0 aliphatic heterocycles. The van der Waals surface area contributed by atoms with Crippen LogP contribution < -0.4 is 5.32 Å². The Morgan fingerprint density at radius 2 is 1.47 bits per heavy atom. The number of benzene rings is 1. The lowest BCUT2D eigenvalue weighted by Gasteiger charge is -2.30. The van der Waals surface area contributed by atoms with Crippen molar-refractivity contribution >= 4 is 0 Å². The van der Waals surface area contributed by atoms with Gasteiger partial charge in [-0.3, -0.25) is 0 Å². The zero-order chi connectivity index (χ0) is 14.4. The van der Waals surface area contributed by atoms with Gasteiger partial charge in [-0.15, -0.1) is 0 Å². The largest absolute Gasteiger partial charge is 0.310 e. The first kappa shape index (κ1) is 16.2. The van der Waals surface area contributed by atoms with Gasteiger partial charge >= 0.3 is 0 Å². The van der Waals surface area contributed by atoms with E-state index >= 15 is 0 Å². The van der Waals surface area contributed by atoms with E-state index in [0.29, 0.717) is 6.04 Å². The lowest BCUT2D eigenvalue weighted by molar-refractivity contribution is 0.339. The minimum absolute atomic E-state index is 0.510. The Morgan fingerprint density at radius 1 is 0.947 bits per heavy atom. The minimum Gasteiger partial charge on any atom is -0.310 e. The van der Waals surface area contributed by atoms with Crippen molar-refractivity contribution in [2.45, 2.75) is 66.8 Å². The molecule has 0 fully saturated rings. The third kappa shape index (κ3) is 4.07. The number of hydrogen-bond acceptors (Lipinski definition) is 1. The molecular formula is C18H31N. The number of nitrogens with one attached hydrogen (secondary N) is 1. The van der Waals surface area contributed by atoms with E-state index in [1.807, 2.05) is 0 Å². The van der Waals surface area contributed by atoms with Gasteiger partial charge in [0.05, 0.1) is 0 Å². The Bertz CT molecular complexity index is 368. The van der Waals surface area contributed by atoms with E-state index in [-0.39, 0.29) is 0 Å². The number of aryl methyl sites for hydroxylation is 3. The Hall–Kier alpha value is -0.820. The fourth-order valence-electron chi connectivity index (χ4n) is 3.25. The standard InChI is InChI=1S/C18H31N/c1-7-10-19-18(16(8-2)9-3)17-14(5)11-13(4)12-15(17)6/h11-12,16,18-19H,7-10H2,1-6H3. The average molecular weight is 261 g/mol. The van der Waals surface area contributed by atoms with Crippen LogP contribution in [0.3, 0.4) is 0 Å². The maximum Gasteiger partial charge on any atom is 0.0353 e. The van der Waals surface area contributed by atoms with Crippen LogP contribution in [0.25, 0.3) is 0 Å². The molecule has 1 aromatic rings. The zero-order valence-corrected chi connectivity index (χ0v) is 13.6. The average Bonchev–Trinajstić information content (AvgIpc) is 2.35. The third-order valence-corrected chi connectivity index (χ3v) is 4.18. The van der Waals surface area contributed by atoms with Gasteiger partial charge in [0.25, 0.3) is 0 Å². The Balaban J connectivity index is 3.16. The summed E-state index contributed by atoms with van der Waals surface area (Å²) in [6, 6.07) is 5.16. The summed E-state index contributed by atoms with van der Waals surface area (Å²) in [5.41, 5.74) is 5.79. The summed E-state index contributed by atoms with van der Waals surface area (Å²) in [5, 5.41) is 3.79. The summed E-state index contributed by atoms with van der Waals surface area (Å²) in [6.45, 7) is 14.7. The molecule has 1 unspecified atom stereocenters. The maximum absolute atomic E-state index is 3.79. The van der Waals surface area contributed by atoms with Crippen molar-refractivity contribution in [3.63, 3.8) is 0 Å². The summed E-state index contributed by atoms with van der Waals surface area (Å²) < 4.78 is 0. The first-order chi connectivity index (χ1) is 9.04. The first-order valence-corrected chi connectivity index (χ1v) is 7.86. The van der Waals surface area contributed by atoms with Gasteiger partial charge in [0.15, 0.2) is 0 Å². The van der Waals surface area contributed by atoms with Crippen LogP contribution in [-0.2, 0) is 0 Å². The molecular weight excluding hydrogens is 230 g/mol. The van der Waals surface area contributed by atoms with Crippen LogP contribution in [0.1, 0.15) is 68.3 Å². The van der Waals surface area contributed by atoms with Crippen LogP contribution in [0.15, 0.2) is 12.1 Å². The van der Waals surface area contributed by atoms with Crippen molar-refractivity contribution in [1.82, 2.24) is 5.32 Å². The molecule has 1 aromatic carbocycles. The monoisotopic (exact) mass is 261 g/mol. The van der Waals surface area contributed by atoms with Crippen molar-refractivity contribution in [3.05, 3.63) is 34.4 Å². The normalized spacial score (nSPS) is 13.0. The van der Waals surface area contributed by atoms with Gasteiger partial charge in [0.1, 0.15) is 0 Å². The maximum atomic E-state index is 3.79. The SMILES string of the molecule is CCCNC(c1c(C)cc(C)cc1C)C(CC)CC. The summed E-state index contributed by atoms with van der Waals surface area (Å²) >= 11 is 0. The molecule has 1 N–H and O–H groups in total. The highest BCUT2D eigenvalue weighted by atomic mass is 14.9. The summed E-state index contributed by atoms with van der Waals surface area (Å²) in [7, 11) is 0. The molecule has 19 heavy (non-hydrogen) atoms. The van der Waals surface area contributed by atoms with Gasteiger partial charge in [0, 0.05) is 6.04 Å². The van der Waals surface area contributed by atoms with Crippen molar-refractivity contribution < 1.29 is 0 Å². The summed E-state index contributed by atoms with van der Waals surface area (Å²) in [5.74, 6) is 0.728. The van der Waals surface area contributed by atoms with Crippen molar-refractivity contribution in [3.8, 4) is 0 Å². The number of rotatable bonds is 7. The van der Waals surface area contributed by atoms with Crippen LogP contribution in [0, 0.1) is 26.7 Å². The van der Waals surface area contributed by atoms with Crippen LogP contribution in [0.4, 0.5) is 0 Å². The lowest BCUT2D eigenvalue weighted by Crippen LogP contribution is -2.30. The predicted octanol–water partition coefficient (Wildman–Crippen LogP) is 5.09. The van der Waals surface area contributed by atoms with Crippen molar-refractivity contribution in [2.24, 2.45) is 5.92 Å². The molecule has 0 aliphatic rings. The van der Waals surface area contributed by atoms with Crippen LogP contribution in [0.5, 0.6) is 0 Å². The quantitative estimate of drug-likeness (QED) is 0.721. The molecule has 1 heteroatoms. The van der Waals surface area contributed by atoms with Crippen LogP contribution in [-0.4, -0.2) is 6.54 Å². The second kappa shape index (κ2) is 7.69. The highest BCUT2D eigenvalue weighted by Gasteiger charge is 2.22. The highest BCUT2D eigenvalue weighted by Crippen LogP contribution is 2.32. The van der Waals surface area contributed by atoms with Gasteiger partial charge in [0.2, 0.25) is 0 Å². The Labute approximate surface area is 119 Å². The Kier molecular flexibility index (Phi) is 6.57. The van der Waals surface area contributed by atoms with Gasteiger partial charge in [-0.05, 0) is 56.3 Å². The summed E-state index contributed by atoms with van der Waals surface area (Å²) in [4.78, 5) is 0. The van der Waals surface area contributed by atoms with E-state index in [2.05, 4.69) is 59.0 Å². The molecule has 0 bridgehead atoms. The highest BCUT2D eigenvalue weighted by molar-refractivity contribution is 5.40. The Morgan fingerprint density at radius 3 is 1.89 bits per heavy atom. The van der Waals surface area contributed by atoms with E-state index in [1.54, 1.807) is 0 Å². The fraction of sp³-hybridized carbons (Fsp3) is 0.667. The van der Waals surface area contributed by atoms with Gasteiger partial charge in [-0.1, -0.05) is 51.3 Å². The smallest absolute Gasteiger partial charge is 0.0353 e. The molecule has 1 rings (SSSR count). The van der Waals surface area contributed by atoms with Crippen LogP contribution in [0.2, 0.25) is 0 Å². The second-order valence-corrected chi connectivity index (χ2v) is 5.82. The molecule has 0 saturated heterocycles. The predicted molar refractivity (Wildman–Crippen MR) is 85.8 cm³/mol. The van der Waals surface area contributed by atoms with E-state index in [4.69, 9.17) is 0 Å². The molecule has 0 heterocycles. The molecule has 0 spiro atoms. The molecule has 1 nitrogen and oxygen atoms in total. The first-order valence-electron chi connectivity index (χ1n) is 7.86. The van der Waals surface area contributed by atoms with E-state index in [9.17, 15) is 0 Å². The molecule has 108 valence electrons. The molecule has 0 aromatic heterocycles. The molecule has 0 radical (unpaired) electrons. The van der Waals surface area contributed by atoms with E-state index in [1.165, 1.54) is 41.5 Å². The molecule has 0 amide bonds. The minimum atomic E-state index is 0.510. The van der Waals surface area contributed by atoms with Gasteiger partial charge < -0.3 is 5.32 Å². The zero-order valence-electron chi connectivity index (χ0n) is 13.6. The van der Waals surface area contributed by atoms with E-state index < -0.39 is 0 Å². The molecule has 0 aliphatic carbocycles. The summed E-state index contributed by atoms with van der Waals surface area (Å²) in [6.07, 6.45) is 3.68. The second-order valence-electron chi connectivity index (χ2n) is 5.82. The third-order valence-electron chi connectivity index (χ3n) is 4.18. The van der Waals surface area contributed by atoms with Gasteiger partial charge in [-0.2, -0.15) is 0 Å². The number of hydrogen-bond donors (Lipinski definition) is 1.